The first-order valence-corrected chi connectivity index (χ1v) is 14.8. The smallest absolute Gasteiger partial charge is 0.415 e. The summed E-state index contributed by atoms with van der Waals surface area (Å²) < 4.78 is 10.4. The number of anilines is 4. The Hall–Kier alpha value is -3.65. The zero-order chi connectivity index (χ0) is 29.8. The van der Waals surface area contributed by atoms with Gasteiger partial charge in [-0.3, -0.25) is 4.90 Å². The van der Waals surface area contributed by atoms with E-state index < -0.39 is 15.9 Å². The first-order chi connectivity index (χ1) is 19.9. The van der Waals surface area contributed by atoms with E-state index in [0.717, 1.165) is 63.6 Å². The maximum Gasteiger partial charge on any atom is 0.415 e. The van der Waals surface area contributed by atoms with Gasteiger partial charge in [0.25, 0.3) is 0 Å². The molecule has 3 aromatic rings. The summed E-state index contributed by atoms with van der Waals surface area (Å²) in [7, 11) is 0. The van der Waals surface area contributed by atoms with Gasteiger partial charge >= 0.3 is 6.09 Å². The second-order valence-electron chi connectivity index (χ2n) is 11.9. The van der Waals surface area contributed by atoms with Crippen LogP contribution in [0.2, 0.25) is 0 Å². The van der Waals surface area contributed by atoms with Crippen LogP contribution in [0.4, 0.5) is 27.8 Å². The second-order valence-corrected chi connectivity index (χ2v) is 13.1. The molecule has 1 atom stereocenters. The van der Waals surface area contributed by atoms with Crippen LogP contribution in [0.5, 0.6) is 5.88 Å². The number of nitrogens with zero attached hydrogens (tertiary/aromatic N) is 6. The van der Waals surface area contributed by atoms with Gasteiger partial charge in [0.05, 0.1) is 35.6 Å². The van der Waals surface area contributed by atoms with E-state index in [-0.39, 0.29) is 6.04 Å². The zero-order valence-corrected chi connectivity index (χ0v) is 25.2. The van der Waals surface area contributed by atoms with E-state index in [0.29, 0.717) is 43.6 Å². The molecule has 0 radical (unpaired) electrons. The molecule has 12 nitrogen and oxygen atoms in total. The first kappa shape index (κ1) is 28.5. The van der Waals surface area contributed by atoms with Crippen molar-refractivity contribution in [1.82, 2.24) is 15.0 Å². The standard InChI is InChI=1S/C29H36N7O5S/c1-17-12-20-13-21(6-7-24(20)42-36(17,38)39)32-27-31-14-19-8-9-34(16-22(19)33-27)23-15-30-26-25(18(23)2)35(10-11-40-26)28(37)41-29(3,4)5/h6-7,13-15,17,38-39H,8-12,16H2,1-5H3,(H,31,32,33)/q+1. The van der Waals surface area contributed by atoms with Crippen molar-refractivity contribution >= 4 is 41.1 Å². The molecule has 2 aromatic heterocycles. The minimum absolute atomic E-state index is 0.354. The molecule has 5 heterocycles. The molecule has 222 valence electrons. The van der Waals surface area contributed by atoms with Crippen molar-refractivity contribution < 1.29 is 28.9 Å². The van der Waals surface area contributed by atoms with Gasteiger partial charge in [0.15, 0.2) is 18.0 Å². The van der Waals surface area contributed by atoms with Crippen LogP contribution in [-0.4, -0.2) is 67.0 Å². The summed E-state index contributed by atoms with van der Waals surface area (Å²) in [4.78, 5) is 31.7. The van der Waals surface area contributed by atoms with Crippen molar-refractivity contribution in [1.29, 1.82) is 0 Å². The topological polar surface area (TPSA) is 133 Å². The highest BCUT2D eigenvalue weighted by molar-refractivity contribution is 7.93. The Balaban J connectivity index is 1.22. The van der Waals surface area contributed by atoms with E-state index in [4.69, 9.17) is 14.5 Å². The number of pyridine rings is 1. The minimum Gasteiger partial charge on any atom is -0.474 e. The van der Waals surface area contributed by atoms with Gasteiger partial charge in [-0.15, -0.1) is 0 Å². The molecule has 3 aliphatic heterocycles. The fraction of sp³-hybridized carbons (Fsp3) is 0.448. The van der Waals surface area contributed by atoms with Gasteiger partial charge in [-0.25, -0.2) is 19.7 Å². The van der Waals surface area contributed by atoms with Crippen LogP contribution in [0.15, 0.2) is 35.5 Å². The Morgan fingerprint density at radius 2 is 2.00 bits per heavy atom. The highest BCUT2D eigenvalue weighted by Gasteiger charge is 2.40. The van der Waals surface area contributed by atoms with Crippen LogP contribution in [-0.2, 0) is 24.1 Å². The zero-order valence-electron chi connectivity index (χ0n) is 24.4. The normalized spacial score (nSPS) is 19.3. The van der Waals surface area contributed by atoms with Gasteiger partial charge in [-0.1, -0.05) is 0 Å². The third-order valence-corrected chi connectivity index (χ3v) is 8.83. The molecule has 1 aromatic carbocycles. The lowest BCUT2D eigenvalue weighted by Gasteiger charge is -2.35. The number of nitrogens with one attached hydrogen (secondary N) is 1. The number of amides is 1. The van der Waals surface area contributed by atoms with Crippen molar-refractivity contribution in [3.63, 3.8) is 0 Å². The van der Waals surface area contributed by atoms with Crippen LogP contribution in [0.3, 0.4) is 0 Å². The fourth-order valence-corrected chi connectivity index (χ4v) is 6.35. The molecule has 0 saturated heterocycles. The Kier molecular flexibility index (Phi) is 7.16. The molecule has 0 bridgehead atoms. The van der Waals surface area contributed by atoms with Crippen LogP contribution >= 0.6 is 11.9 Å². The van der Waals surface area contributed by atoms with E-state index in [1.807, 2.05) is 52.1 Å². The quantitative estimate of drug-likeness (QED) is 0.274. The number of rotatable bonds is 3. The summed E-state index contributed by atoms with van der Waals surface area (Å²) in [5, 5.41) is 23.6. The fourth-order valence-electron chi connectivity index (χ4n) is 5.42. The molecule has 6 rings (SSSR count). The van der Waals surface area contributed by atoms with Crippen LogP contribution in [0, 0.1) is 6.92 Å². The third-order valence-electron chi connectivity index (χ3n) is 7.61. The number of hydrogen-bond donors (Lipinski definition) is 3. The lowest BCUT2D eigenvalue weighted by Crippen LogP contribution is -2.45. The lowest BCUT2D eigenvalue weighted by atomic mass is 10.0. The Morgan fingerprint density at radius 1 is 1.19 bits per heavy atom. The maximum atomic E-state index is 13.0. The summed E-state index contributed by atoms with van der Waals surface area (Å²) in [5.41, 5.74) is 5.72. The number of quaternary nitrogens is 1. The molecular weight excluding hydrogens is 558 g/mol. The summed E-state index contributed by atoms with van der Waals surface area (Å²) in [6, 6.07) is 5.42. The number of benzene rings is 1. The minimum atomic E-state index is -1.07. The van der Waals surface area contributed by atoms with Gasteiger partial charge in [0.2, 0.25) is 11.8 Å². The van der Waals surface area contributed by atoms with Crippen molar-refractivity contribution in [3.8, 4) is 5.88 Å². The summed E-state index contributed by atoms with van der Waals surface area (Å²) >= 11 is 1.01. The average molecular weight is 595 g/mol. The maximum absolute atomic E-state index is 13.0. The summed E-state index contributed by atoms with van der Waals surface area (Å²) in [5.74, 6) is 0.923. The van der Waals surface area contributed by atoms with Crippen molar-refractivity contribution in [3.05, 3.63) is 53.0 Å². The molecule has 3 N–H and O–H groups in total. The molecule has 0 spiro atoms. The van der Waals surface area contributed by atoms with Crippen LogP contribution < -0.4 is 19.9 Å². The van der Waals surface area contributed by atoms with Gasteiger partial charge in [-0.05, 0) is 70.4 Å². The second kappa shape index (κ2) is 10.6. The third kappa shape index (κ3) is 5.56. The largest absolute Gasteiger partial charge is 0.474 e. The number of hydroxylamine groups is 2. The number of carbonyl (C=O) groups excluding carboxylic acids is 1. The molecular formula is C29H36N7O5S+. The van der Waals surface area contributed by atoms with E-state index in [1.54, 1.807) is 18.0 Å². The first-order valence-electron chi connectivity index (χ1n) is 14.0. The molecule has 0 saturated carbocycles. The van der Waals surface area contributed by atoms with Gasteiger partial charge in [-0.2, -0.15) is 10.4 Å². The van der Waals surface area contributed by atoms with E-state index in [9.17, 15) is 15.2 Å². The number of carbonyl (C=O) groups is 1. The highest BCUT2D eigenvalue weighted by Crippen LogP contribution is 2.41. The van der Waals surface area contributed by atoms with Gasteiger partial charge in [0, 0.05) is 34.6 Å². The molecule has 0 aliphatic carbocycles. The van der Waals surface area contributed by atoms with Gasteiger partial charge in [0.1, 0.15) is 17.9 Å². The molecule has 13 heteroatoms. The van der Waals surface area contributed by atoms with Crippen LogP contribution in [0.1, 0.15) is 50.1 Å². The molecule has 42 heavy (non-hydrogen) atoms. The van der Waals surface area contributed by atoms with Crippen molar-refractivity contribution in [2.75, 3.05) is 34.8 Å². The molecule has 0 fully saturated rings. The average Bonchev–Trinajstić information content (AvgIpc) is 2.92. The molecule has 1 amide bonds. The monoisotopic (exact) mass is 594 g/mol. The van der Waals surface area contributed by atoms with Crippen LogP contribution in [0.25, 0.3) is 0 Å². The predicted molar refractivity (Wildman–Crippen MR) is 157 cm³/mol. The number of fused-ring (bicyclic) bond motifs is 3. The highest BCUT2D eigenvalue weighted by atomic mass is 32.2. The van der Waals surface area contributed by atoms with E-state index in [2.05, 4.69) is 20.2 Å². The number of aromatic nitrogens is 3. The lowest BCUT2D eigenvalue weighted by molar-refractivity contribution is -1.16. The van der Waals surface area contributed by atoms with Crippen molar-refractivity contribution in [2.45, 2.75) is 70.5 Å². The Morgan fingerprint density at radius 3 is 2.79 bits per heavy atom. The van der Waals surface area contributed by atoms with E-state index >= 15 is 0 Å². The van der Waals surface area contributed by atoms with Gasteiger partial charge < -0.3 is 19.7 Å². The summed E-state index contributed by atoms with van der Waals surface area (Å²) in [6.45, 7) is 11.4. The Labute approximate surface area is 248 Å². The SMILES string of the molecule is Cc1c(N2CCc3cnc(Nc4ccc5c(c4)CC(C)[N+](O)(O)S5)nc3C2)cnc2c1N(C(=O)OC(C)(C)C)CCO2. The predicted octanol–water partition coefficient (Wildman–Crippen LogP) is 5.17. The summed E-state index contributed by atoms with van der Waals surface area (Å²) in [6.07, 6.45) is 4.57. The number of ether oxygens (including phenoxy) is 2. The Bertz CT molecular complexity index is 1540. The molecule has 3 aliphatic rings. The number of hydrogen-bond acceptors (Lipinski definition) is 11. The van der Waals surface area contributed by atoms with E-state index in [1.165, 1.54) is 0 Å². The molecule has 1 unspecified atom stereocenters. The van der Waals surface area contributed by atoms with Crippen molar-refractivity contribution in [2.24, 2.45) is 0 Å².